The van der Waals surface area contributed by atoms with Gasteiger partial charge in [-0.2, -0.15) is 0 Å². The molecule has 1 aliphatic heterocycles. The van der Waals surface area contributed by atoms with Crippen LogP contribution in [0.15, 0.2) is 0 Å². The Morgan fingerprint density at radius 1 is 1.50 bits per heavy atom. The molecule has 1 saturated heterocycles. The number of hydrogen-bond acceptors (Lipinski definition) is 2. The van der Waals surface area contributed by atoms with Crippen molar-refractivity contribution in [2.45, 2.75) is 38.8 Å². The van der Waals surface area contributed by atoms with E-state index in [4.69, 9.17) is 0 Å². The molecule has 0 aromatic rings. The normalized spacial score (nSPS) is 33.0. The summed E-state index contributed by atoms with van der Waals surface area (Å²) >= 11 is 0. The van der Waals surface area contributed by atoms with Crippen molar-refractivity contribution in [1.82, 2.24) is 10.6 Å². The van der Waals surface area contributed by atoms with Crippen LogP contribution in [0.5, 0.6) is 0 Å². The van der Waals surface area contributed by atoms with E-state index in [-0.39, 0.29) is 0 Å². The molecular formula is C8H18N2. The van der Waals surface area contributed by atoms with E-state index in [9.17, 15) is 0 Å². The first-order valence-electron chi connectivity index (χ1n) is 4.29. The van der Waals surface area contributed by atoms with Crippen molar-refractivity contribution in [1.29, 1.82) is 0 Å². The lowest BCUT2D eigenvalue weighted by Crippen LogP contribution is -2.36. The van der Waals surface area contributed by atoms with Crippen molar-refractivity contribution >= 4 is 0 Å². The molecule has 0 spiro atoms. The van der Waals surface area contributed by atoms with E-state index < -0.39 is 0 Å². The Bertz CT molecular complexity index is 93.3. The van der Waals surface area contributed by atoms with E-state index in [2.05, 4.69) is 24.5 Å². The van der Waals surface area contributed by atoms with Gasteiger partial charge < -0.3 is 10.6 Å². The maximum atomic E-state index is 3.53. The van der Waals surface area contributed by atoms with Crippen LogP contribution >= 0.6 is 0 Å². The summed E-state index contributed by atoms with van der Waals surface area (Å²) in [6, 6.07) is 1.47. The Balaban J connectivity index is 2.06. The highest BCUT2D eigenvalue weighted by atomic mass is 15.0. The zero-order chi connectivity index (χ0) is 7.40. The van der Waals surface area contributed by atoms with Crippen LogP contribution in [0.2, 0.25) is 0 Å². The first-order chi connectivity index (χ1) is 4.83. The van der Waals surface area contributed by atoms with Crippen molar-refractivity contribution in [3.05, 3.63) is 0 Å². The predicted molar refractivity (Wildman–Crippen MR) is 44.2 cm³/mol. The molecule has 10 heavy (non-hydrogen) atoms. The van der Waals surface area contributed by atoms with Crippen LogP contribution in [0.4, 0.5) is 0 Å². The molecule has 2 unspecified atom stereocenters. The molecule has 0 aromatic heterocycles. The fourth-order valence-electron chi connectivity index (χ4n) is 1.50. The molecule has 0 amide bonds. The SMILES string of the molecule is CCNCC1CCC(C)N1. The lowest BCUT2D eigenvalue weighted by Gasteiger charge is -2.10. The molecule has 2 heteroatoms. The fraction of sp³-hybridized carbons (Fsp3) is 1.00. The Morgan fingerprint density at radius 3 is 2.80 bits per heavy atom. The summed E-state index contributed by atoms with van der Waals surface area (Å²) in [4.78, 5) is 0. The summed E-state index contributed by atoms with van der Waals surface area (Å²) in [5.74, 6) is 0. The van der Waals surface area contributed by atoms with Gasteiger partial charge >= 0.3 is 0 Å². The van der Waals surface area contributed by atoms with E-state index in [1.165, 1.54) is 12.8 Å². The molecule has 60 valence electrons. The smallest absolute Gasteiger partial charge is 0.0195 e. The summed E-state index contributed by atoms with van der Waals surface area (Å²) in [6.07, 6.45) is 2.68. The van der Waals surface area contributed by atoms with Crippen molar-refractivity contribution in [3.63, 3.8) is 0 Å². The van der Waals surface area contributed by atoms with Gasteiger partial charge in [-0.05, 0) is 26.3 Å². The zero-order valence-corrected chi connectivity index (χ0v) is 6.98. The molecule has 2 atom stereocenters. The number of hydrogen-bond donors (Lipinski definition) is 2. The summed E-state index contributed by atoms with van der Waals surface area (Å²) in [5.41, 5.74) is 0. The maximum absolute atomic E-state index is 3.53. The monoisotopic (exact) mass is 142 g/mol. The largest absolute Gasteiger partial charge is 0.315 e. The van der Waals surface area contributed by atoms with Crippen molar-refractivity contribution in [2.75, 3.05) is 13.1 Å². The Morgan fingerprint density at radius 2 is 2.30 bits per heavy atom. The van der Waals surface area contributed by atoms with E-state index in [1.807, 2.05) is 0 Å². The van der Waals surface area contributed by atoms with Gasteiger partial charge in [0.2, 0.25) is 0 Å². The third-order valence-electron chi connectivity index (χ3n) is 2.11. The first-order valence-corrected chi connectivity index (χ1v) is 4.29. The Hall–Kier alpha value is -0.0800. The molecule has 0 bridgehead atoms. The molecule has 2 nitrogen and oxygen atoms in total. The van der Waals surface area contributed by atoms with Crippen LogP contribution < -0.4 is 10.6 Å². The summed E-state index contributed by atoms with van der Waals surface area (Å²) in [5, 5.41) is 6.87. The molecule has 1 fully saturated rings. The Labute approximate surface area is 63.4 Å². The van der Waals surface area contributed by atoms with Crippen LogP contribution in [-0.2, 0) is 0 Å². The van der Waals surface area contributed by atoms with E-state index >= 15 is 0 Å². The van der Waals surface area contributed by atoms with Crippen LogP contribution in [0.25, 0.3) is 0 Å². The predicted octanol–water partition coefficient (Wildman–Crippen LogP) is 0.736. The second-order valence-electron chi connectivity index (χ2n) is 3.15. The summed E-state index contributed by atoms with van der Waals surface area (Å²) < 4.78 is 0. The molecule has 2 N–H and O–H groups in total. The quantitative estimate of drug-likeness (QED) is 0.607. The zero-order valence-electron chi connectivity index (χ0n) is 6.98. The molecule has 1 heterocycles. The standard InChI is InChI=1S/C8H18N2/c1-3-9-6-8-5-4-7(2)10-8/h7-10H,3-6H2,1-2H3. The van der Waals surface area contributed by atoms with E-state index in [0.717, 1.165) is 25.2 Å². The van der Waals surface area contributed by atoms with Crippen LogP contribution in [0.1, 0.15) is 26.7 Å². The van der Waals surface area contributed by atoms with Gasteiger partial charge in [0.05, 0.1) is 0 Å². The van der Waals surface area contributed by atoms with Gasteiger partial charge in [-0.3, -0.25) is 0 Å². The average Bonchev–Trinajstić information content (AvgIpc) is 2.31. The van der Waals surface area contributed by atoms with Gasteiger partial charge in [-0.25, -0.2) is 0 Å². The fourth-order valence-corrected chi connectivity index (χ4v) is 1.50. The maximum Gasteiger partial charge on any atom is 0.0195 e. The van der Waals surface area contributed by atoms with Crippen LogP contribution in [-0.4, -0.2) is 25.2 Å². The molecule has 1 rings (SSSR count). The minimum atomic E-state index is 0.731. The lowest BCUT2D eigenvalue weighted by atomic mass is 10.2. The van der Waals surface area contributed by atoms with E-state index in [1.54, 1.807) is 0 Å². The molecule has 0 radical (unpaired) electrons. The molecular weight excluding hydrogens is 124 g/mol. The van der Waals surface area contributed by atoms with Gasteiger partial charge in [-0.1, -0.05) is 6.92 Å². The highest BCUT2D eigenvalue weighted by molar-refractivity contribution is 4.81. The minimum Gasteiger partial charge on any atom is -0.315 e. The first kappa shape index (κ1) is 8.02. The van der Waals surface area contributed by atoms with Crippen LogP contribution in [0, 0.1) is 0 Å². The van der Waals surface area contributed by atoms with Gasteiger partial charge in [-0.15, -0.1) is 0 Å². The van der Waals surface area contributed by atoms with Crippen molar-refractivity contribution in [2.24, 2.45) is 0 Å². The topological polar surface area (TPSA) is 24.1 Å². The van der Waals surface area contributed by atoms with Crippen molar-refractivity contribution < 1.29 is 0 Å². The lowest BCUT2D eigenvalue weighted by molar-refractivity contribution is 0.521. The number of rotatable bonds is 3. The highest BCUT2D eigenvalue weighted by Crippen LogP contribution is 2.10. The highest BCUT2D eigenvalue weighted by Gasteiger charge is 2.18. The number of likely N-dealkylation sites (N-methyl/N-ethyl adjacent to an activating group) is 1. The third kappa shape index (κ3) is 2.27. The minimum absolute atomic E-state index is 0.731. The van der Waals surface area contributed by atoms with Crippen LogP contribution in [0.3, 0.4) is 0 Å². The van der Waals surface area contributed by atoms with Gasteiger partial charge in [0, 0.05) is 18.6 Å². The second-order valence-corrected chi connectivity index (χ2v) is 3.15. The Kier molecular flexibility index (Phi) is 3.16. The molecule has 0 saturated carbocycles. The van der Waals surface area contributed by atoms with Gasteiger partial charge in [0.15, 0.2) is 0 Å². The number of nitrogens with one attached hydrogen (secondary N) is 2. The molecule has 0 aromatic carbocycles. The third-order valence-corrected chi connectivity index (χ3v) is 2.11. The van der Waals surface area contributed by atoms with Gasteiger partial charge in [0.25, 0.3) is 0 Å². The second kappa shape index (κ2) is 3.94. The van der Waals surface area contributed by atoms with Gasteiger partial charge in [0.1, 0.15) is 0 Å². The average molecular weight is 142 g/mol. The molecule has 0 aliphatic carbocycles. The molecule has 1 aliphatic rings. The van der Waals surface area contributed by atoms with Crippen molar-refractivity contribution in [3.8, 4) is 0 Å². The summed E-state index contributed by atoms with van der Waals surface area (Å²) in [6.45, 7) is 6.64. The summed E-state index contributed by atoms with van der Waals surface area (Å²) in [7, 11) is 0. The van der Waals surface area contributed by atoms with E-state index in [0.29, 0.717) is 0 Å².